The molecule has 0 atom stereocenters. The summed E-state index contributed by atoms with van der Waals surface area (Å²) in [5, 5.41) is 0.927. The molecule has 0 radical (unpaired) electrons. The average Bonchev–Trinajstić information content (AvgIpc) is 2.22. The first-order chi connectivity index (χ1) is 7.58. The normalized spacial score (nSPS) is 10.5. The number of benzene rings is 1. The zero-order valence-electron chi connectivity index (χ0n) is 7.85. The molecule has 0 unspecified atom stereocenters. The number of hydrogen-bond donors (Lipinski definition) is 0. The molecule has 0 spiro atoms. The lowest BCUT2D eigenvalue weighted by Crippen LogP contribution is -1.91. The van der Waals surface area contributed by atoms with E-state index in [9.17, 15) is 4.39 Å². The fraction of sp³-hybridized carbons (Fsp3) is 0. The summed E-state index contributed by atoms with van der Waals surface area (Å²) in [6.07, 6.45) is 1.58. The van der Waals surface area contributed by atoms with E-state index in [1.807, 2.05) is 22.6 Å². The van der Waals surface area contributed by atoms with Crippen LogP contribution in [0.3, 0.4) is 0 Å². The van der Waals surface area contributed by atoms with Crippen LogP contribution in [0.5, 0.6) is 0 Å². The van der Waals surface area contributed by atoms with E-state index in [1.165, 1.54) is 6.07 Å². The van der Waals surface area contributed by atoms with Crippen molar-refractivity contribution in [3.8, 4) is 11.3 Å². The summed E-state index contributed by atoms with van der Waals surface area (Å²) in [4.78, 5) is 4.02. The largest absolute Gasteiger partial charge is 0.252 e. The van der Waals surface area contributed by atoms with E-state index >= 15 is 0 Å². The molecule has 0 bridgehead atoms. The Labute approximate surface area is 116 Å². The SMILES string of the molecule is Fc1cc(I)cnc1-c1cc(Cl)ccc1Cl. The molecule has 0 fully saturated rings. The van der Waals surface area contributed by atoms with Gasteiger partial charge in [0.2, 0.25) is 0 Å². The number of hydrogen-bond acceptors (Lipinski definition) is 1. The van der Waals surface area contributed by atoms with E-state index in [1.54, 1.807) is 24.4 Å². The van der Waals surface area contributed by atoms with E-state index in [0.29, 0.717) is 15.6 Å². The average molecular weight is 368 g/mol. The maximum absolute atomic E-state index is 13.7. The summed E-state index contributed by atoms with van der Waals surface area (Å²) < 4.78 is 14.4. The Morgan fingerprint density at radius 2 is 1.94 bits per heavy atom. The van der Waals surface area contributed by atoms with Crippen LogP contribution in [-0.2, 0) is 0 Å². The molecule has 1 aromatic carbocycles. The van der Waals surface area contributed by atoms with Gasteiger partial charge >= 0.3 is 0 Å². The second-order valence-electron chi connectivity index (χ2n) is 3.11. The van der Waals surface area contributed by atoms with Gasteiger partial charge in [-0.25, -0.2) is 4.39 Å². The minimum Gasteiger partial charge on any atom is -0.252 e. The van der Waals surface area contributed by atoms with E-state index in [-0.39, 0.29) is 5.69 Å². The maximum atomic E-state index is 13.7. The van der Waals surface area contributed by atoms with Gasteiger partial charge in [0.25, 0.3) is 0 Å². The van der Waals surface area contributed by atoms with Gasteiger partial charge in [-0.2, -0.15) is 0 Å². The molecule has 1 aromatic heterocycles. The minimum atomic E-state index is -0.406. The molecule has 16 heavy (non-hydrogen) atoms. The fourth-order valence-corrected chi connectivity index (χ4v) is 2.08. The predicted molar refractivity (Wildman–Crippen MR) is 72.4 cm³/mol. The molecule has 2 rings (SSSR count). The molecule has 0 aliphatic heterocycles. The highest BCUT2D eigenvalue weighted by molar-refractivity contribution is 14.1. The standard InChI is InChI=1S/C11H5Cl2FIN/c12-6-1-2-9(13)8(3-6)11-10(14)4-7(15)5-16-11/h1-5H. The highest BCUT2D eigenvalue weighted by Crippen LogP contribution is 2.31. The van der Waals surface area contributed by atoms with Gasteiger partial charge in [0.15, 0.2) is 5.82 Å². The van der Waals surface area contributed by atoms with Gasteiger partial charge in [0.1, 0.15) is 5.69 Å². The molecular weight excluding hydrogens is 363 g/mol. The van der Waals surface area contributed by atoms with E-state index < -0.39 is 5.82 Å². The maximum Gasteiger partial charge on any atom is 0.150 e. The van der Waals surface area contributed by atoms with Crippen LogP contribution in [0.1, 0.15) is 0 Å². The van der Waals surface area contributed by atoms with Crippen LogP contribution >= 0.6 is 45.8 Å². The number of nitrogens with zero attached hydrogens (tertiary/aromatic N) is 1. The Morgan fingerprint density at radius 1 is 1.19 bits per heavy atom. The number of halogens is 4. The smallest absolute Gasteiger partial charge is 0.150 e. The van der Waals surface area contributed by atoms with Gasteiger partial charge in [0.05, 0.1) is 5.02 Å². The molecule has 0 aliphatic rings. The van der Waals surface area contributed by atoms with Crippen LogP contribution in [-0.4, -0.2) is 4.98 Å². The summed E-state index contributed by atoms with van der Waals surface area (Å²) in [5.41, 5.74) is 0.719. The molecule has 0 aliphatic carbocycles. The van der Waals surface area contributed by atoms with Crippen LogP contribution in [0.4, 0.5) is 4.39 Å². The second kappa shape index (κ2) is 4.85. The second-order valence-corrected chi connectivity index (χ2v) is 5.20. The lowest BCUT2D eigenvalue weighted by atomic mass is 10.1. The Morgan fingerprint density at radius 3 is 2.62 bits per heavy atom. The first-order valence-electron chi connectivity index (χ1n) is 4.34. The van der Waals surface area contributed by atoms with Crippen molar-refractivity contribution in [1.82, 2.24) is 4.98 Å². The summed E-state index contributed by atoms with van der Waals surface area (Å²) in [5.74, 6) is -0.406. The van der Waals surface area contributed by atoms with E-state index in [0.717, 1.165) is 3.57 Å². The van der Waals surface area contributed by atoms with Crippen LogP contribution < -0.4 is 0 Å². The van der Waals surface area contributed by atoms with Crippen molar-refractivity contribution in [2.24, 2.45) is 0 Å². The predicted octanol–water partition coefficient (Wildman–Crippen LogP) is 4.80. The topological polar surface area (TPSA) is 12.9 Å². The molecule has 1 nitrogen and oxygen atoms in total. The van der Waals surface area contributed by atoms with Gasteiger partial charge in [-0.05, 0) is 46.9 Å². The van der Waals surface area contributed by atoms with Crippen LogP contribution in [0.15, 0.2) is 30.5 Å². The highest BCUT2D eigenvalue weighted by atomic mass is 127. The van der Waals surface area contributed by atoms with Gasteiger partial charge in [0, 0.05) is 20.4 Å². The van der Waals surface area contributed by atoms with Crippen LogP contribution in [0, 0.1) is 9.39 Å². The molecule has 0 amide bonds. The third-order valence-electron chi connectivity index (χ3n) is 1.99. The van der Waals surface area contributed by atoms with Crippen molar-refractivity contribution < 1.29 is 4.39 Å². The lowest BCUT2D eigenvalue weighted by Gasteiger charge is -2.05. The zero-order chi connectivity index (χ0) is 11.7. The molecular formula is C11H5Cl2FIN. The minimum absolute atomic E-state index is 0.216. The fourth-order valence-electron chi connectivity index (χ4n) is 1.29. The Kier molecular flexibility index (Phi) is 3.66. The van der Waals surface area contributed by atoms with Gasteiger partial charge in [-0.3, -0.25) is 4.98 Å². The molecule has 0 saturated carbocycles. The Balaban J connectivity index is 2.62. The highest BCUT2D eigenvalue weighted by Gasteiger charge is 2.11. The third-order valence-corrected chi connectivity index (χ3v) is 3.15. The molecule has 0 N–H and O–H groups in total. The monoisotopic (exact) mass is 367 g/mol. The van der Waals surface area contributed by atoms with E-state index in [2.05, 4.69) is 4.98 Å². The molecule has 2 aromatic rings. The van der Waals surface area contributed by atoms with Crippen LogP contribution in [0.2, 0.25) is 10.0 Å². The summed E-state index contributed by atoms with van der Waals surface area (Å²) in [6, 6.07) is 6.28. The molecule has 0 saturated heterocycles. The van der Waals surface area contributed by atoms with Crippen molar-refractivity contribution >= 4 is 45.8 Å². The van der Waals surface area contributed by atoms with E-state index in [4.69, 9.17) is 23.2 Å². The molecule has 1 heterocycles. The Hall–Kier alpha value is -0.390. The lowest BCUT2D eigenvalue weighted by molar-refractivity contribution is 0.624. The number of rotatable bonds is 1. The van der Waals surface area contributed by atoms with Gasteiger partial charge in [-0.15, -0.1) is 0 Å². The first-order valence-corrected chi connectivity index (χ1v) is 6.18. The summed E-state index contributed by atoms with van der Waals surface area (Å²) in [6.45, 7) is 0. The zero-order valence-corrected chi connectivity index (χ0v) is 11.5. The Bertz CT molecular complexity index is 546. The van der Waals surface area contributed by atoms with Crippen molar-refractivity contribution in [2.75, 3.05) is 0 Å². The first kappa shape index (κ1) is 12.1. The summed E-state index contributed by atoms with van der Waals surface area (Å²) in [7, 11) is 0. The van der Waals surface area contributed by atoms with Gasteiger partial charge in [-0.1, -0.05) is 23.2 Å². The quantitative estimate of drug-likeness (QED) is 0.660. The van der Waals surface area contributed by atoms with Crippen LogP contribution in [0.25, 0.3) is 11.3 Å². The summed E-state index contributed by atoms with van der Waals surface area (Å²) >= 11 is 13.8. The third kappa shape index (κ3) is 2.47. The number of pyridine rings is 1. The van der Waals surface area contributed by atoms with Crippen molar-refractivity contribution in [1.29, 1.82) is 0 Å². The van der Waals surface area contributed by atoms with Gasteiger partial charge < -0.3 is 0 Å². The van der Waals surface area contributed by atoms with Crippen molar-refractivity contribution in [3.63, 3.8) is 0 Å². The molecule has 5 heteroatoms. The number of aromatic nitrogens is 1. The molecule has 82 valence electrons. The van der Waals surface area contributed by atoms with Crippen molar-refractivity contribution in [2.45, 2.75) is 0 Å². The van der Waals surface area contributed by atoms with Crippen molar-refractivity contribution in [3.05, 3.63) is 49.9 Å².